The molecule has 0 fully saturated rings. The van der Waals surface area contributed by atoms with Gasteiger partial charge in [-0.3, -0.25) is 9.69 Å². The quantitative estimate of drug-likeness (QED) is 0.573. The second-order valence-corrected chi connectivity index (χ2v) is 7.44. The number of benzene rings is 2. The Morgan fingerprint density at radius 1 is 1.30 bits per heavy atom. The first-order valence-electron chi connectivity index (χ1n) is 8.77. The predicted molar refractivity (Wildman–Crippen MR) is 106 cm³/mol. The van der Waals surface area contributed by atoms with Crippen LogP contribution in [0.5, 0.6) is 11.5 Å². The van der Waals surface area contributed by atoms with Crippen molar-refractivity contribution in [2.24, 2.45) is 0 Å². The Hall–Kier alpha value is -2.22. The minimum atomic E-state index is -0.217. The van der Waals surface area contributed by atoms with Crippen molar-refractivity contribution in [3.05, 3.63) is 48.0 Å². The van der Waals surface area contributed by atoms with E-state index >= 15 is 0 Å². The Kier molecular flexibility index (Phi) is 6.26. The number of fused-ring (bicyclic) bond motifs is 1. The molecule has 3 rings (SSSR count). The Morgan fingerprint density at radius 2 is 2.07 bits per heavy atom. The largest absolute Gasteiger partial charge is 0.497 e. The normalized spacial score (nSPS) is 15.7. The van der Waals surface area contributed by atoms with E-state index in [0.717, 1.165) is 21.2 Å². The van der Waals surface area contributed by atoms with Crippen LogP contribution in [0.15, 0.2) is 47.4 Å². The summed E-state index contributed by atoms with van der Waals surface area (Å²) >= 11 is 1.62. The van der Waals surface area contributed by atoms with E-state index in [1.54, 1.807) is 37.7 Å². The van der Waals surface area contributed by atoms with Crippen LogP contribution in [0.1, 0.15) is 24.3 Å². The van der Waals surface area contributed by atoms with Gasteiger partial charge in [-0.1, -0.05) is 23.9 Å². The van der Waals surface area contributed by atoms with E-state index in [1.807, 2.05) is 42.5 Å². The number of hydrogen-bond donors (Lipinski definition) is 1. The van der Waals surface area contributed by atoms with Crippen molar-refractivity contribution in [2.45, 2.75) is 23.6 Å². The highest BCUT2D eigenvalue weighted by molar-refractivity contribution is 8.00. The number of para-hydroxylation sites is 1. The van der Waals surface area contributed by atoms with Crippen molar-refractivity contribution >= 4 is 23.4 Å². The topological polar surface area (TPSA) is 62.2 Å². The van der Waals surface area contributed by atoms with Crippen LogP contribution < -0.4 is 14.4 Å². The number of hydroxylamine groups is 2. The van der Waals surface area contributed by atoms with Gasteiger partial charge in [0.2, 0.25) is 5.91 Å². The van der Waals surface area contributed by atoms with E-state index in [2.05, 4.69) is 0 Å². The van der Waals surface area contributed by atoms with Gasteiger partial charge in [0.1, 0.15) is 16.9 Å². The lowest BCUT2D eigenvalue weighted by Gasteiger charge is -2.25. The molecule has 2 aromatic rings. The van der Waals surface area contributed by atoms with Gasteiger partial charge in [0.25, 0.3) is 0 Å². The van der Waals surface area contributed by atoms with E-state index in [4.69, 9.17) is 9.47 Å². The van der Waals surface area contributed by atoms with E-state index in [1.165, 1.54) is 0 Å². The molecule has 1 atom stereocenters. The number of carbonyl (C=O) groups is 1. The molecule has 1 aliphatic rings. The molecule has 0 bridgehead atoms. The third-order valence-electron chi connectivity index (χ3n) is 4.30. The lowest BCUT2D eigenvalue weighted by atomic mass is 10.1. The Bertz CT molecular complexity index is 812. The fourth-order valence-electron chi connectivity index (χ4n) is 3.05. The molecule has 1 unspecified atom stereocenters. The molecule has 144 valence electrons. The molecule has 6 nitrogen and oxygen atoms in total. The molecule has 1 N–H and O–H groups in total. The lowest BCUT2D eigenvalue weighted by molar-refractivity contribution is -0.116. The summed E-state index contributed by atoms with van der Waals surface area (Å²) in [5.74, 6) is 1.41. The van der Waals surface area contributed by atoms with E-state index in [0.29, 0.717) is 31.1 Å². The second kappa shape index (κ2) is 8.65. The first-order valence-corrected chi connectivity index (χ1v) is 9.65. The summed E-state index contributed by atoms with van der Waals surface area (Å²) in [6.07, 6.45) is 0.687. The van der Waals surface area contributed by atoms with Crippen molar-refractivity contribution in [3.8, 4) is 11.5 Å². The molecule has 0 radical (unpaired) electrons. The number of carbonyl (C=O) groups excluding carboxylic acids is 1. The SMILES string of the molecule is COc1ccc(OCCCN(C)O)c(C2Sc3ccccc3N2C(C)=O)c1. The maximum Gasteiger partial charge on any atom is 0.225 e. The van der Waals surface area contributed by atoms with Gasteiger partial charge in [0, 0.05) is 31.0 Å². The smallest absolute Gasteiger partial charge is 0.225 e. The Labute approximate surface area is 163 Å². The van der Waals surface area contributed by atoms with Crippen molar-refractivity contribution in [2.75, 3.05) is 32.2 Å². The number of anilines is 1. The fraction of sp³-hybridized carbons (Fsp3) is 0.350. The summed E-state index contributed by atoms with van der Waals surface area (Å²) < 4.78 is 11.4. The van der Waals surface area contributed by atoms with Gasteiger partial charge in [-0.05, 0) is 36.8 Å². The molecule has 0 saturated carbocycles. The minimum absolute atomic E-state index is 0.0203. The molecule has 7 heteroatoms. The molecule has 1 amide bonds. The van der Waals surface area contributed by atoms with Crippen molar-refractivity contribution in [3.63, 3.8) is 0 Å². The lowest BCUT2D eigenvalue weighted by Crippen LogP contribution is -2.28. The minimum Gasteiger partial charge on any atom is -0.497 e. The van der Waals surface area contributed by atoms with Crippen molar-refractivity contribution in [1.29, 1.82) is 0 Å². The first kappa shape index (κ1) is 19.5. The second-order valence-electron chi connectivity index (χ2n) is 6.31. The molecular formula is C20H24N2O4S. The monoisotopic (exact) mass is 388 g/mol. The van der Waals surface area contributed by atoms with Gasteiger partial charge < -0.3 is 14.7 Å². The molecular weight excluding hydrogens is 364 g/mol. The van der Waals surface area contributed by atoms with Crippen LogP contribution in [-0.4, -0.2) is 43.5 Å². The number of rotatable bonds is 7. The molecule has 27 heavy (non-hydrogen) atoms. The molecule has 0 aliphatic carbocycles. The third-order valence-corrected chi connectivity index (χ3v) is 5.59. The van der Waals surface area contributed by atoms with Gasteiger partial charge in [0.15, 0.2) is 0 Å². The summed E-state index contributed by atoms with van der Waals surface area (Å²) in [5.41, 5.74) is 1.80. The Morgan fingerprint density at radius 3 is 2.78 bits per heavy atom. The maximum absolute atomic E-state index is 12.4. The average molecular weight is 388 g/mol. The summed E-state index contributed by atoms with van der Waals surface area (Å²) in [6, 6.07) is 13.5. The zero-order valence-electron chi connectivity index (χ0n) is 15.7. The number of ether oxygens (including phenoxy) is 2. The molecule has 1 aliphatic heterocycles. The van der Waals surface area contributed by atoms with Crippen LogP contribution in [0.25, 0.3) is 0 Å². The molecule has 0 saturated heterocycles. The highest BCUT2D eigenvalue weighted by Gasteiger charge is 2.35. The third kappa shape index (κ3) is 4.37. The van der Waals surface area contributed by atoms with Gasteiger partial charge in [-0.15, -0.1) is 0 Å². The summed E-state index contributed by atoms with van der Waals surface area (Å²) in [6.45, 7) is 2.57. The van der Waals surface area contributed by atoms with Gasteiger partial charge in [0.05, 0.1) is 19.4 Å². The van der Waals surface area contributed by atoms with Crippen LogP contribution in [-0.2, 0) is 4.79 Å². The van der Waals surface area contributed by atoms with Crippen LogP contribution >= 0.6 is 11.8 Å². The zero-order chi connectivity index (χ0) is 19.4. The zero-order valence-corrected chi connectivity index (χ0v) is 16.5. The molecule has 2 aromatic carbocycles. The van der Waals surface area contributed by atoms with Gasteiger partial charge in [-0.25, -0.2) is 0 Å². The molecule has 0 spiro atoms. The number of thioether (sulfide) groups is 1. The number of nitrogens with zero attached hydrogens (tertiary/aromatic N) is 2. The van der Waals surface area contributed by atoms with Crippen LogP contribution in [0, 0.1) is 0 Å². The number of methoxy groups -OCH3 is 1. The van der Waals surface area contributed by atoms with Crippen LogP contribution in [0.2, 0.25) is 0 Å². The van der Waals surface area contributed by atoms with E-state index in [-0.39, 0.29) is 11.3 Å². The average Bonchev–Trinajstić information content (AvgIpc) is 3.04. The van der Waals surface area contributed by atoms with E-state index in [9.17, 15) is 10.0 Å². The van der Waals surface area contributed by atoms with Gasteiger partial charge >= 0.3 is 0 Å². The summed E-state index contributed by atoms with van der Waals surface area (Å²) in [7, 11) is 3.23. The number of amides is 1. The van der Waals surface area contributed by atoms with Crippen molar-refractivity contribution in [1.82, 2.24) is 5.06 Å². The summed E-state index contributed by atoms with van der Waals surface area (Å²) in [5, 5.41) is 10.2. The summed E-state index contributed by atoms with van der Waals surface area (Å²) in [4.78, 5) is 15.3. The van der Waals surface area contributed by atoms with Crippen LogP contribution in [0.4, 0.5) is 5.69 Å². The van der Waals surface area contributed by atoms with Crippen molar-refractivity contribution < 1.29 is 19.5 Å². The number of hydrogen-bond acceptors (Lipinski definition) is 6. The highest BCUT2D eigenvalue weighted by Crippen LogP contribution is 2.53. The maximum atomic E-state index is 12.4. The first-order chi connectivity index (χ1) is 13.0. The molecule has 1 heterocycles. The fourth-order valence-corrected chi connectivity index (χ4v) is 4.41. The van der Waals surface area contributed by atoms with Crippen LogP contribution in [0.3, 0.4) is 0 Å². The van der Waals surface area contributed by atoms with Gasteiger partial charge in [-0.2, -0.15) is 5.06 Å². The highest BCUT2D eigenvalue weighted by atomic mass is 32.2. The predicted octanol–water partition coefficient (Wildman–Crippen LogP) is 3.94. The van der Waals surface area contributed by atoms with E-state index < -0.39 is 0 Å². The Balaban J connectivity index is 1.91. The standard InChI is InChI=1S/C20H24N2O4S/c1-14(23)22-17-7-4-5-8-19(17)27-20(22)16-13-15(25-3)9-10-18(16)26-12-6-11-21(2)24/h4-5,7-10,13,20,24H,6,11-12H2,1-3H3. The molecule has 0 aromatic heterocycles.